The number of benzene rings is 1. The maximum Gasteiger partial charge on any atom is 0.411 e. The zero-order chi connectivity index (χ0) is 16.1. The molecule has 2 amide bonds. The fourth-order valence-corrected chi connectivity index (χ4v) is 1.77. The molecule has 9 heteroatoms. The van der Waals surface area contributed by atoms with Gasteiger partial charge in [-0.05, 0) is 31.5 Å². The number of hydrogen-bond acceptors (Lipinski definition) is 6. The molecule has 0 saturated heterocycles. The molecule has 1 aromatic carbocycles. The number of carbonyl (C=O) groups is 2. The van der Waals surface area contributed by atoms with Crippen LogP contribution in [0.2, 0.25) is 0 Å². The van der Waals surface area contributed by atoms with Gasteiger partial charge in [-0.2, -0.15) is 5.21 Å². The Kier molecular flexibility index (Phi) is 4.57. The molecule has 9 nitrogen and oxygen atoms in total. The summed E-state index contributed by atoms with van der Waals surface area (Å²) in [6, 6.07) is 5.32. The fraction of sp³-hybridized carbons (Fsp3) is 0.231. The largest absolute Gasteiger partial charge is 0.450 e. The van der Waals surface area contributed by atoms with Gasteiger partial charge in [0, 0.05) is 0 Å². The molecule has 0 atom stereocenters. The molecule has 0 saturated carbocycles. The molecule has 1 aromatic heterocycles. The minimum Gasteiger partial charge on any atom is -0.450 e. The first kappa shape index (κ1) is 15.3. The van der Waals surface area contributed by atoms with Crippen LogP contribution in [-0.4, -0.2) is 34.0 Å². The van der Waals surface area contributed by atoms with Crippen LogP contribution < -0.4 is 16.4 Å². The van der Waals surface area contributed by atoms with E-state index in [2.05, 4.69) is 26.0 Å². The first-order valence-corrected chi connectivity index (χ1v) is 6.53. The highest BCUT2D eigenvalue weighted by atomic mass is 16.5. The molecule has 2 rings (SSSR count). The zero-order valence-electron chi connectivity index (χ0n) is 12.1. The van der Waals surface area contributed by atoms with E-state index < -0.39 is 12.0 Å². The van der Waals surface area contributed by atoms with Gasteiger partial charge in [-0.3, -0.25) is 10.1 Å². The fourth-order valence-electron chi connectivity index (χ4n) is 1.77. The molecular weight excluding hydrogens is 288 g/mol. The van der Waals surface area contributed by atoms with E-state index in [1.54, 1.807) is 19.1 Å². The Labute approximate surface area is 126 Å². The molecule has 0 aliphatic rings. The van der Waals surface area contributed by atoms with Gasteiger partial charge in [-0.15, -0.1) is 10.2 Å². The number of aryl methyl sites for hydroxylation is 1. The highest BCUT2D eigenvalue weighted by Crippen LogP contribution is 2.27. The van der Waals surface area contributed by atoms with Crippen LogP contribution in [-0.2, 0) is 4.74 Å². The number of nitrogens with one attached hydrogen (secondary N) is 3. The summed E-state index contributed by atoms with van der Waals surface area (Å²) in [6.07, 6.45) is -0.577. The summed E-state index contributed by atoms with van der Waals surface area (Å²) in [5, 5.41) is 15.3. The number of nitrogens with two attached hydrogens (primary N) is 1. The Morgan fingerprint density at radius 2 is 2.09 bits per heavy atom. The molecular formula is C13H16N6O3. The van der Waals surface area contributed by atoms with E-state index in [1.807, 2.05) is 13.0 Å². The third kappa shape index (κ3) is 3.51. The van der Waals surface area contributed by atoms with Crippen molar-refractivity contribution in [1.29, 1.82) is 0 Å². The van der Waals surface area contributed by atoms with Crippen LogP contribution in [0, 0.1) is 6.92 Å². The summed E-state index contributed by atoms with van der Waals surface area (Å²) < 4.78 is 4.85. The second-order valence-corrected chi connectivity index (χ2v) is 4.40. The molecule has 0 fully saturated rings. The third-order valence-corrected chi connectivity index (χ3v) is 2.72. The Bertz CT molecular complexity index is 697. The van der Waals surface area contributed by atoms with Crippen LogP contribution >= 0.6 is 0 Å². The lowest BCUT2D eigenvalue weighted by Gasteiger charge is -2.12. The van der Waals surface area contributed by atoms with Gasteiger partial charge in [0.05, 0.1) is 18.0 Å². The van der Waals surface area contributed by atoms with E-state index in [0.717, 1.165) is 5.56 Å². The van der Waals surface area contributed by atoms with Crippen molar-refractivity contribution in [3.63, 3.8) is 0 Å². The Hall–Kier alpha value is -3.10. The van der Waals surface area contributed by atoms with E-state index in [9.17, 15) is 9.59 Å². The number of ether oxygens (including phenoxy) is 1. The van der Waals surface area contributed by atoms with Crippen molar-refractivity contribution in [3.8, 4) is 0 Å². The third-order valence-electron chi connectivity index (χ3n) is 2.72. The predicted octanol–water partition coefficient (Wildman–Crippen LogP) is 1.52. The van der Waals surface area contributed by atoms with Crippen LogP contribution in [0.1, 0.15) is 23.0 Å². The molecule has 0 unspecified atom stereocenters. The number of primary amides is 1. The lowest BCUT2D eigenvalue weighted by atomic mass is 10.2. The van der Waals surface area contributed by atoms with Crippen LogP contribution in [0.25, 0.3) is 0 Å². The van der Waals surface area contributed by atoms with Crippen LogP contribution in [0.5, 0.6) is 0 Å². The average Bonchev–Trinajstić information content (AvgIpc) is 2.90. The SMILES string of the molecule is CCOC(=O)Nc1cc(C)ccc1Nc1n[nH]nc1C(N)=O. The second-order valence-electron chi connectivity index (χ2n) is 4.40. The van der Waals surface area contributed by atoms with Gasteiger partial charge in [-0.1, -0.05) is 6.07 Å². The number of amides is 2. The number of nitrogens with zero attached hydrogens (tertiary/aromatic N) is 2. The lowest BCUT2D eigenvalue weighted by Crippen LogP contribution is -2.16. The number of carbonyl (C=O) groups excluding carboxylic acids is 2. The first-order valence-electron chi connectivity index (χ1n) is 6.53. The summed E-state index contributed by atoms with van der Waals surface area (Å²) in [5.74, 6) is -0.550. The zero-order valence-corrected chi connectivity index (χ0v) is 12.1. The standard InChI is InChI=1S/C13H16N6O3/c1-3-22-13(21)16-9-6-7(2)4-5-8(9)15-12-10(11(14)20)17-19-18-12/h4-6H,3H2,1-2H3,(H2,14,20)(H,16,21)(H2,15,17,18,19). The van der Waals surface area contributed by atoms with Crippen molar-refractivity contribution in [2.75, 3.05) is 17.2 Å². The van der Waals surface area contributed by atoms with Gasteiger partial charge >= 0.3 is 6.09 Å². The van der Waals surface area contributed by atoms with Crippen molar-refractivity contribution >= 4 is 29.2 Å². The number of aromatic nitrogens is 3. The molecule has 0 radical (unpaired) electrons. The predicted molar refractivity (Wildman–Crippen MR) is 80.0 cm³/mol. The highest BCUT2D eigenvalue weighted by molar-refractivity contribution is 5.97. The monoisotopic (exact) mass is 304 g/mol. The van der Waals surface area contributed by atoms with E-state index >= 15 is 0 Å². The maximum atomic E-state index is 11.6. The van der Waals surface area contributed by atoms with E-state index in [4.69, 9.17) is 10.5 Å². The molecule has 2 aromatic rings. The molecule has 5 N–H and O–H groups in total. The molecule has 0 aliphatic heterocycles. The van der Waals surface area contributed by atoms with Gasteiger partial charge in [0.25, 0.3) is 5.91 Å². The maximum absolute atomic E-state index is 11.6. The summed E-state index contributed by atoms with van der Waals surface area (Å²) in [4.78, 5) is 22.8. The van der Waals surface area contributed by atoms with E-state index in [-0.39, 0.29) is 18.1 Å². The number of hydrogen-bond donors (Lipinski definition) is 4. The van der Waals surface area contributed by atoms with Gasteiger partial charge in [0.1, 0.15) is 0 Å². The van der Waals surface area contributed by atoms with Crippen molar-refractivity contribution in [2.45, 2.75) is 13.8 Å². The molecule has 0 aliphatic carbocycles. The molecule has 22 heavy (non-hydrogen) atoms. The first-order chi connectivity index (χ1) is 10.5. The van der Waals surface area contributed by atoms with E-state index in [1.165, 1.54) is 0 Å². The average molecular weight is 304 g/mol. The number of rotatable bonds is 5. The Morgan fingerprint density at radius 3 is 2.77 bits per heavy atom. The van der Waals surface area contributed by atoms with Crippen LogP contribution in [0.3, 0.4) is 0 Å². The van der Waals surface area contributed by atoms with Gasteiger partial charge in [0.2, 0.25) is 0 Å². The van der Waals surface area contributed by atoms with Crippen LogP contribution in [0.4, 0.5) is 22.0 Å². The number of aromatic amines is 1. The Morgan fingerprint density at radius 1 is 1.32 bits per heavy atom. The normalized spacial score (nSPS) is 10.1. The summed E-state index contributed by atoms with van der Waals surface area (Å²) in [6.45, 7) is 3.85. The minimum atomic E-state index is -0.719. The van der Waals surface area contributed by atoms with Crippen molar-refractivity contribution in [1.82, 2.24) is 15.4 Å². The lowest BCUT2D eigenvalue weighted by molar-refractivity contribution is 0.0996. The summed E-state index contributed by atoms with van der Waals surface area (Å²) in [5.41, 5.74) is 7.12. The highest BCUT2D eigenvalue weighted by Gasteiger charge is 2.15. The van der Waals surface area contributed by atoms with Crippen molar-refractivity contribution in [2.24, 2.45) is 5.73 Å². The topological polar surface area (TPSA) is 135 Å². The van der Waals surface area contributed by atoms with Crippen molar-refractivity contribution in [3.05, 3.63) is 29.5 Å². The van der Waals surface area contributed by atoms with Crippen LogP contribution in [0.15, 0.2) is 18.2 Å². The molecule has 0 spiro atoms. The van der Waals surface area contributed by atoms with Gasteiger partial charge < -0.3 is 15.8 Å². The molecule has 116 valence electrons. The second kappa shape index (κ2) is 6.57. The smallest absolute Gasteiger partial charge is 0.411 e. The molecule has 0 bridgehead atoms. The summed E-state index contributed by atoms with van der Waals surface area (Å²) in [7, 11) is 0. The summed E-state index contributed by atoms with van der Waals surface area (Å²) >= 11 is 0. The number of anilines is 3. The van der Waals surface area contributed by atoms with Gasteiger partial charge in [0.15, 0.2) is 11.5 Å². The molecule has 1 heterocycles. The Balaban J connectivity index is 2.28. The van der Waals surface area contributed by atoms with E-state index in [0.29, 0.717) is 11.4 Å². The van der Waals surface area contributed by atoms with Crippen molar-refractivity contribution < 1.29 is 14.3 Å². The number of H-pyrrole nitrogens is 1. The van der Waals surface area contributed by atoms with Gasteiger partial charge in [-0.25, -0.2) is 4.79 Å². The quantitative estimate of drug-likeness (QED) is 0.661. The minimum absolute atomic E-state index is 0.0253.